The van der Waals surface area contributed by atoms with E-state index in [2.05, 4.69) is 4.98 Å². The Morgan fingerprint density at radius 2 is 2.12 bits per heavy atom. The van der Waals surface area contributed by atoms with Crippen LogP contribution in [0.15, 0.2) is 10.9 Å². The smallest absolute Gasteiger partial charge is 0.347 e. The molecule has 2 N–H and O–H groups in total. The van der Waals surface area contributed by atoms with Crippen LogP contribution in [0.25, 0.3) is 0 Å². The lowest BCUT2D eigenvalue weighted by atomic mass is 9.89. The van der Waals surface area contributed by atoms with Gasteiger partial charge in [-0.15, -0.1) is 0 Å². The van der Waals surface area contributed by atoms with E-state index in [-0.39, 0.29) is 11.1 Å². The number of thiocarbonyl (C=S) groups is 1. The molecule has 94 valence electrons. The molecule has 0 amide bonds. The van der Waals surface area contributed by atoms with Gasteiger partial charge in [-0.05, 0) is 26.3 Å². The van der Waals surface area contributed by atoms with Crippen molar-refractivity contribution >= 4 is 17.2 Å². The lowest BCUT2D eigenvalue weighted by Gasteiger charge is -2.23. The minimum atomic E-state index is -0.244. The maximum Gasteiger partial charge on any atom is 0.347 e. The van der Waals surface area contributed by atoms with Gasteiger partial charge in [0.05, 0.1) is 4.99 Å². The van der Waals surface area contributed by atoms with Crippen LogP contribution in [-0.4, -0.2) is 14.5 Å². The molecule has 0 aliphatic rings. The molecule has 0 saturated carbocycles. The van der Waals surface area contributed by atoms with Crippen molar-refractivity contribution in [3.63, 3.8) is 0 Å². The first-order valence-corrected chi connectivity index (χ1v) is 6.00. The summed E-state index contributed by atoms with van der Waals surface area (Å²) in [7, 11) is 0. The highest BCUT2D eigenvalue weighted by molar-refractivity contribution is 7.80. The summed E-state index contributed by atoms with van der Waals surface area (Å²) in [6.45, 7) is 8.28. The van der Waals surface area contributed by atoms with Crippen LogP contribution >= 0.6 is 12.2 Å². The first-order chi connectivity index (χ1) is 7.74. The lowest BCUT2D eigenvalue weighted by Crippen LogP contribution is -2.33. The standard InChI is InChI=1S/C12H19N3OS/c1-8-7-9(2)15(11(16)14-8)6-5-12(3,4)10(13)17/h7H,5-6H2,1-4H3,(H2,13,17). The molecule has 0 aliphatic carbocycles. The van der Waals surface area contributed by atoms with E-state index < -0.39 is 0 Å². The van der Waals surface area contributed by atoms with Gasteiger partial charge >= 0.3 is 5.69 Å². The van der Waals surface area contributed by atoms with Gasteiger partial charge in [0.2, 0.25) is 0 Å². The topological polar surface area (TPSA) is 60.9 Å². The molecule has 0 aromatic carbocycles. The molecular formula is C12H19N3OS. The van der Waals surface area contributed by atoms with Crippen LogP contribution in [0.4, 0.5) is 0 Å². The van der Waals surface area contributed by atoms with E-state index in [0.29, 0.717) is 11.5 Å². The molecule has 0 spiro atoms. The molecule has 0 radical (unpaired) electrons. The lowest BCUT2D eigenvalue weighted by molar-refractivity contribution is 0.423. The monoisotopic (exact) mass is 253 g/mol. The summed E-state index contributed by atoms with van der Waals surface area (Å²) >= 11 is 5.01. The Balaban J connectivity index is 2.91. The van der Waals surface area contributed by atoms with Gasteiger partial charge in [-0.3, -0.25) is 4.57 Å². The van der Waals surface area contributed by atoms with Crippen molar-refractivity contribution in [3.05, 3.63) is 27.9 Å². The van der Waals surface area contributed by atoms with Crippen molar-refractivity contribution in [3.8, 4) is 0 Å². The number of nitrogens with zero attached hydrogens (tertiary/aromatic N) is 2. The van der Waals surface area contributed by atoms with Crippen LogP contribution in [0, 0.1) is 19.3 Å². The summed E-state index contributed by atoms with van der Waals surface area (Å²) in [5, 5.41) is 0. The molecule has 0 atom stereocenters. The summed E-state index contributed by atoms with van der Waals surface area (Å²) in [5.74, 6) is 0. The second-order valence-corrected chi connectivity index (χ2v) is 5.41. The van der Waals surface area contributed by atoms with E-state index >= 15 is 0 Å². The van der Waals surface area contributed by atoms with Crippen LogP contribution in [0.2, 0.25) is 0 Å². The molecule has 0 unspecified atom stereocenters. The van der Waals surface area contributed by atoms with Crippen molar-refractivity contribution in [1.82, 2.24) is 9.55 Å². The molecule has 17 heavy (non-hydrogen) atoms. The van der Waals surface area contributed by atoms with Crippen LogP contribution in [-0.2, 0) is 6.54 Å². The van der Waals surface area contributed by atoms with Crippen LogP contribution < -0.4 is 11.4 Å². The highest BCUT2D eigenvalue weighted by Gasteiger charge is 2.21. The number of aryl methyl sites for hydroxylation is 2. The van der Waals surface area contributed by atoms with Gasteiger partial charge < -0.3 is 5.73 Å². The fourth-order valence-corrected chi connectivity index (χ4v) is 1.66. The molecule has 0 aliphatic heterocycles. The van der Waals surface area contributed by atoms with Gasteiger partial charge in [0.15, 0.2) is 0 Å². The third-order valence-corrected chi connectivity index (χ3v) is 3.53. The number of hydrogen-bond acceptors (Lipinski definition) is 3. The predicted octanol–water partition coefficient (Wildman–Crippen LogP) is 1.56. The largest absolute Gasteiger partial charge is 0.393 e. The second kappa shape index (κ2) is 4.96. The normalized spacial score (nSPS) is 11.5. The summed E-state index contributed by atoms with van der Waals surface area (Å²) in [4.78, 5) is 16.1. The van der Waals surface area contributed by atoms with E-state index in [4.69, 9.17) is 18.0 Å². The second-order valence-electron chi connectivity index (χ2n) is 4.97. The summed E-state index contributed by atoms with van der Waals surface area (Å²) < 4.78 is 1.66. The zero-order valence-corrected chi connectivity index (χ0v) is 11.6. The van der Waals surface area contributed by atoms with Crippen molar-refractivity contribution in [2.45, 2.75) is 40.7 Å². The van der Waals surface area contributed by atoms with Crippen molar-refractivity contribution in [2.24, 2.45) is 11.1 Å². The van der Waals surface area contributed by atoms with Gasteiger partial charge in [0, 0.05) is 23.3 Å². The SMILES string of the molecule is Cc1cc(C)n(CCC(C)(C)C(N)=S)c(=O)n1. The zero-order chi connectivity index (χ0) is 13.2. The third-order valence-electron chi connectivity index (χ3n) is 2.97. The number of aromatic nitrogens is 2. The Morgan fingerprint density at radius 3 is 2.59 bits per heavy atom. The zero-order valence-electron chi connectivity index (χ0n) is 10.8. The van der Waals surface area contributed by atoms with E-state index in [0.717, 1.165) is 17.8 Å². The summed E-state index contributed by atoms with van der Waals surface area (Å²) in [5.41, 5.74) is 6.88. The molecule has 1 aromatic heterocycles. The molecule has 0 fully saturated rings. The minimum absolute atomic E-state index is 0.207. The Labute approximate surface area is 107 Å². The number of rotatable bonds is 4. The highest BCUT2D eigenvalue weighted by Crippen LogP contribution is 2.21. The Morgan fingerprint density at radius 1 is 1.53 bits per heavy atom. The average molecular weight is 253 g/mol. The van der Waals surface area contributed by atoms with E-state index in [1.807, 2.05) is 33.8 Å². The Kier molecular flexibility index (Phi) is 4.03. The van der Waals surface area contributed by atoms with Gasteiger partial charge in [0.25, 0.3) is 0 Å². The quantitative estimate of drug-likeness (QED) is 0.827. The highest BCUT2D eigenvalue weighted by atomic mass is 32.1. The first-order valence-electron chi connectivity index (χ1n) is 5.59. The van der Waals surface area contributed by atoms with E-state index in [1.54, 1.807) is 4.57 Å². The van der Waals surface area contributed by atoms with E-state index in [9.17, 15) is 4.79 Å². The van der Waals surface area contributed by atoms with Crippen molar-refractivity contribution in [2.75, 3.05) is 0 Å². The van der Waals surface area contributed by atoms with Gasteiger partial charge in [-0.1, -0.05) is 26.1 Å². The van der Waals surface area contributed by atoms with E-state index in [1.165, 1.54) is 0 Å². The Hall–Kier alpha value is -1.23. The molecule has 1 aromatic rings. The summed E-state index contributed by atoms with van der Waals surface area (Å²) in [6, 6.07) is 1.90. The number of nitrogens with two attached hydrogens (primary N) is 1. The summed E-state index contributed by atoms with van der Waals surface area (Å²) in [6.07, 6.45) is 0.730. The maximum absolute atomic E-state index is 11.7. The molecular weight excluding hydrogens is 234 g/mol. The van der Waals surface area contributed by atoms with Crippen molar-refractivity contribution < 1.29 is 0 Å². The number of hydrogen-bond donors (Lipinski definition) is 1. The fraction of sp³-hybridized carbons (Fsp3) is 0.583. The molecule has 0 saturated heterocycles. The first kappa shape index (κ1) is 13.8. The average Bonchev–Trinajstić information content (AvgIpc) is 2.15. The molecule has 1 heterocycles. The van der Waals surface area contributed by atoms with Crippen LogP contribution in [0.1, 0.15) is 31.7 Å². The minimum Gasteiger partial charge on any atom is -0.393 e. The van der Waals surface area contributed by atoms with Gasteiger partial charge in [0.1, 0.15) is 0 Å². The maximum atomic E-state index is 11.7. The van der Waals surface area contributed by atoms with Gasteiger partial charge in [-0.2, -0.15) is 4.98 Å². The Bertz CT molecular complexity index is 491. The van der Waals surface area contributed by atoms with Gasteiger partial charge in [-0.25, -0.2) is 4.79 Å². The predicted molar refractivity (Wildman–Crippen MR) is 73.2 cm³/mol. The molecule has 1 rings (SSSR count). The molecule has 5 heteroatoms. The molecule has 4 nitrogen and oxygen atoms in total. The third kappa shape index (κ3) is 3.36. The van der Waals surface area contributed by atoms with Crippen LogP contribution in [0.3, 0.4) is 0 Å². The van der Waals surface area contributed by atoms with Crippen molar-refractivity contribution in [1.29, 1.82) is 0 Å². The van der Waals surface area contributed by atoms with Crippen LogP contribution in [0.5, 0.6) is 0 Å². The fourth-order valence-electron chi connectivity index (χ4n) is 1.56. The molecule has 0 bridgehead atoms.